The molecule has 0 aliphatic rings. The van der Waals surface area contributed by atoms with Crippen LogP contribution in [0.25, 0.3) is 0 Å². The maximum atomic E-state index is 12.1. The van der Waals surface area contributed by atoms with Crippen LogP contribution in [0.15, 0.2) is 42.5 Å². The Morgan fingerprint density at radius 3 is 2.26 bits per heavy atom. The molecule has 0 heterocycles. The lowest BCUT2D eigenvalue weighted by atomic mass is 10.2. The smallest absolute Gasteiger partial charge is 0.338 e. The minimum absolute atomic E-state index is 0.267. The number of carbonyl (C=O) groups is 2. The molecule has 0 saturated carbocycles. The highest BCUT2D eigenvalue weighted by atomic mass is 35.5. The van der Waals surface area contributed by atoms with Gasteiger partial charge in [-0.2, -0.15) is 0 Å². The first-order valence-corrected chi connectivity index (χ1v) is 7.72. The lowest BCUT2D eigenvalue weighted by molar-refractivity contribution is -0.123. The third-order valence-electron chi connectivity index (χ3n) is 2.84. The number of ether oxygens (including phenoxy) is 1. The van der Waals surface area contributed by atoms with E-state index in [-0.39, 0.29) is 5.56 Å². The number of carbonyl (C=O) groups excluding carboxylic acids is 2. The fourth-order valence-corrected chi connectivity index (χ4v) is 2.48. The number of hydrogen-bond acceptors (Lipinski definition) is 3. The molecule has 0 bridgehead atoms. The second kappa shape index (κ2) is 7.68. The summed E-state index contributed by atoms with van der Waals surface area (Å²) in [6, 6.07) is 10.9. The molecule has 0 spiro atoms. The second-order valence-corrected chi connectivity index (χ2v) is 6.01. The summed E-state index contributed by atoms with van der Waals surface area (Å²) in [5.41, 5.74) is 0.682. The minimum atomic E-state index is -1.00. The number of rotatable bonds is 4. The molecule has 0 unspecified atom stereocenters. The molecule has 2 rings (SSSR count). The predicted molar refractivity (Wildman–Crippen MR) is 91.4 cm³/mol. The van der Waals surface area contributed by atoms with E-state index in [0.29, 0.717) is 20.8 Å². The van der Waals surface area contributed by atoms with Crippen molar-refractivity contribution in [2.75, 3.05) is 5.32 Å². The van der Waals surface area contributed by atoms with Crippen LogP contribution < -0.4 is 5.32 Å². The Balaban J connectivity index is 2.01. The van der Waals surface area contributed by atoms with Crippen LogP contribution in [0.1, 0.15) is 17.3 Å². The van der Waals surface area contributed by atoms with E-state index in [1.54, 1.807) is 24.3 Å². The average Bonchev–Trinajstić information content (AvgIpc) is 2.45. The molecule has 0 radical (unpaired) electrons. The number of anilines is 1. The Bertz CT molecular complexity index is 729. The molecular weight excluding hydrogens is 361 g/mol. The van der Waals surface area contributed by atoms with Crippen LogP contribution in [0.4, 0.5) is 5.69 Å². The molecule has 1 N–H and O–H groups in total. The SMILES string of the molecule is C[C@H](OC(=O)c1cccc(Cl)c1)C(=O)Nc1cc(Cl)cc(Cl)c1. The highest BCUT2D eigenvalue weighted by molar-refractivity contribution is 6.35. The normalized spacial score (nSPS) is 11.7. The van der Waals surface area contributed by atoms with E-state index in [1.165, 1.54) is 25.1 Å². The number of nitrogens with one attached hydrogen (secondary N) is 1. The number of esters is 1. The van der Waals surface area contributed by atoms with E-state index in [9.17, 15) is 9.59 Å². The first-order valence-electron chi connectivity index (χ1n) is 6.58. The third kappa shape index (κ3) is 5.13. The molecule has 1 amide bonds. The average molecular weight is 373 g/mol. The second-order valence-electron chi connectivity index (χ2n) is 4.71. The van der Waals surface area contributed by atoms with Crippen LogP contribution in [-0.4, -0.2) is 18.0 Å². The Kier molecular flexibility index (Phi) is 5.88. The monoisotopic (exact) mass is 371 g/mol. The van der Waals surface area contributed by atoms with Gasteiger partial charge in [0.2, 0.25) is 0 Å². The van der Waals surface area contributed by atoms with Crippen LogP contribution >= 0.6 is 34.8 Å². The highest BCUT2D eigenvalue weighted by Gasteiger charge is 2.19. The van der Waals surface area contributed by atoms with Crippen molar-refractivity contribution in [3.8, 4) is 0 Å². The molecule has 1 atom stereocenters. The summed E-state index contributed by atoms with van der Waals surface area (Å²) in [4.78, 5) is 24.0. The fourth-order valence-electron chi connectivity index (χ4n) is 1.77. The van der Waals surface area contributed by atoms with Crippen LogP contribution in [0.3, 0.4) is 0 Å². The zero-order valence-electron chi connectivity index (χ0n) is 12.0. The lowest BCUT2D eigenvalue weighted by Gasteiger charge is -2.14. The minimum Gasteiger partial charge on any atom is -0.449 e. The molecule has 0 aliphatic carbocycles. The molecule has 0 saturated heterocycles. The maximum Gasteiger partial charge on any atom is 0.338 e. The summed E-state index contributed by atoms with van der Waals surface area (Å²) in [6.45, 7) is 1.46. The molecule has 0 aromatic heterocycles. The Hall–Kier alpha value is -1.75. The van der Waals surface area contributed by atoms with Crippen molar-refractivity contribution in [3.63, 3.8) is 0 Å². The summed E-state index contributed by atoms with van der Waals surface area (Å²) in [7, 11) is 0. The summed E-state index contributed by atoms with van der Waals surface area (Å²) < 4.78 is 5.11. The Morgan fingerprint density at radius 2 is 1.65 bits per heavy atom. The molecule has 2 aromatic carbocycles. The molecule has 2 aromatic rings. The van der Waals surface area contributed by atoms with Crippen molar-refractivity contribution in [1.82, 2.24) is 0 Å². The van der Waals surface area contributed by atoms with Crippen molar-refractivity contribution < 1.29 is 14.3 Å². The van der Waals surface area contributed by atoms with Gasteiger partial charge in [0.1, 0.15) is 0 Å². The fraction of sp³-hybridized carbons (Fsp3) is 0.125. The topological polar surface area (TPSA) is 55.4 Å². The summed E-state index contributed by atoms with van der Waals surface area (Å²) in [6.07, 6.45) is -1.00. The maximum absolute atomic E-state index is 12.1. The van der Waals surface area contributed by atoms with E-state index in [1.807, 2.05) is 0 Å². The Labute approximate surface area is 148 Å². The van der Waals surface area contributed by atoms with Gasteiger partial charge in [-0.25, -0.2) is 4.79 Å². The lowest BCUT2D eigenvalue weighted by Crippen LogP contribution is -2.30. The van der Waals surface area contributed by atoms with Gasteiger partial charge in [-0.3, -0.25) is 4.79 Å². The van der Waals surface area contributed by atoms with E-state index in [4.69, 9.17) is 39.5 Å². The zero-order chi connectivity index (χ0) is 17.0. The molecule has 0 aliphatic heterocycles. The zero-order valence-corrected chi connectivity index (χ0v) is 14.2. The summed E-state index contributed by atoms with van der Waals surface area (Å²) in [5, 5.41) is 3.76. The van der Waals surface area contributed by atoms with Gasteiger partial charge < -0.3 is 10.1 Å². The van der Waals surface area contributed by atoms with Gasteiger partial charge in [-0.15, -0.1) is 0 Å². The van der Waals surface area contributed by atoms with Crippen molar-refractivity contribution in [2.24, 2.45) is 0 Å². The van der Waals surface area contributed by atoms with E-state index < -0.39 is 18.0 Å². The first kappa shape index (κ1) is 17.6. The molecule has 7 heteroatoms. The molecule has 120 valence electrons. The van der Waals surface area contributed by atoms with Crippen LogP contribution in [-0.2, 0) is 9.53 Å². The molecular formula is C16H12Cl3NO3. The van der Waals surface area contributed by atoms with Crippen LogP contribution in [0.2, 0.25) is 15.1 Å². The van der Waals surface area contributed by atoms with Gasteiger partial charge in [0.25, 0.3) is 5.91 Å². The van der Waals surface area contributed by atoms with Gasteiger partial charge in [0.15, 0.2) is 6.10 Å². The van der Waals surface area contributed by atoms with Crippen molar-refractivity contribution in [2.45, 2.75) is 13.0 Å². The first-order chi connectivity index (χ1) is 10.8. The molecule has 0 fully saturated rings. The van der Waals surface area contributed by atoms with Crippen LogP contribution in [0.5, 0.6) is 0 Å². The Morgan fingerprint density at radius 1 is 1.00 bits per heavy atom. The quantitative estimate of drug-likeness (QED) is 0.782. The number of amides is 1. The van der Waals surface area contributed by atoms with Gasteiger partial charge in [0, 0.05) is 20.8 Å². The van der Waals surface area contributed by atoms with Crippen molar-refractivity contribution in [1.29, 1.82) is 0 Å². The van der Waals surface area contributed by atoms with E-state index in [2.05, 4.69) is 5.32 Å². The van der Waals surface area contributed by atoms with Gasteiger partial charge in [-0.05, 0) is 43.3 Å². The van der Waals surface area contributed by atoms with Gasteiger partial charge in [0.05, 0.1) is 5.56 Å². The molecule has 4 nitrogen and oxygen atoms in total. The van der Waals surface area contributed by atoms with Gasteiger partial charge in [-0.1, -0.05) is 40.9 Å². The van der Waals surface area contributed by atoms with Gasteiger partial charge >= 0.3 is 5.97 Å². The standard InChI is InChI=1S/C16H12Cl3NO3/c1-9(23-16(22)10-3-2-4-11(17)5-10)15(21)20-14-7-12(18)6-13(19)8-14/h2-9H,1H3,(H,20,21)/t9-/m0/s1. The van der Waals surface area contributed by atoms with E-state index in [0.717, 1.165) is 0 Å². The molecule has 23 heavy (non-hydrogen) atoms. The summed E-state index contributed by atoms with van der Waals surface area (Å²) in [5.74, 6) is -1.14. The number of hydrogen-bond donors (Lipinski definition) is 1. The number of halogens is 3. The number of benzene rings is 2. The van der Waals surface area contributed by atoms with Crippen molar-refractivity contribution in [3.05, 3.63) is 63.1 Å². The van der Waals surface area contributed by atoms with Crippen LogP contribution in [0, 0.1) is 0 Å². The largest absolute Gasteiger partial charge is 0.449 e. The van der Waals surface area contributed by atoms with E-state index >= 15 is 0 Å². The summed E-state index contributed by atoms with van der Waals surface area (Å²) >= 11 is 17.5. The highest BCUT2D eigenvalue weighted by Crippen LogP contribution is 2.22. The predicted octanol–water partition coefficient (Wildman–Crippen LogP) is 4.83. The third-order valence-corrected chi connectivity index (χ3v) is 3.51. The van der Waals surface area contributed by atoms with Crippen molar-refractivity contribution >= 4 is 52.4 Å².